The van der Waals surface area contributed by atoms with Crippen LogP contribution in [0.3, 0.4) is 0 Å². The van der Waals surface area contributed by atoms with E-state index in [0.717, 1.165) is 5.56 Å². The third kappa shape index (κ3) is 4.35. The molecule has 6 nitrogen and oxygen atoms in total. The molecule has 1 heterocycles. The molecule has 2 aromatic carbocycles. The molecule has 0 saturated carbocycles. The topological polar surface area (TPSA) is 98.2 Å². The first kappa shape index (κ1) is 18.7. The smallest absolute Gasteiger partial charge is 0.274 e. The van der Waals surface area contributed by atoms with Crippen molar-refractivity contribution in [2.24, 2.45) is 5.73 Å². The van der Waals surface area contributed by atoms with E-state index in [2.05, 4.69) is 10.5 Å². The normalized spacial score (nSPS) is 11.8. The van der Waals surface area contributed by atoms with Crippen LogP contribution in [0.4, 0.5) is 0 Å². The van der Waals surface area contributed by atoms with Gasteiger partial charge in [0.15, 0.2) is 11.5 Å². The SMILES string of the molecule is Cc1c(C(=O)N[C@H](CC(N)=O)c2cccc(Cl)c2)noc1-c1ccccc1. The number of carbonyl (C=O) groups is 2. The van der Waals surface area contributed by atoms with E-state index in [1.807, 2.05) is 30.3 Å². The van der Waals surface area contributed by atoms with Crippen LogP contribution in [-0.2, 0) is 4.79 Å². The van der Waals surface area contributed by atoms with E-state index in [0.29, 0.717) is 21.9 Å². The van der Waals surface area contributed by atoms with Gasteiger partial charge >= 0.3 is 0 Å². The molecule has 0 radical (unpaired) electrons. The first-order chi connectivity index (χ1) is 13.0. The fourth-order valence-electron chi connectivity index (χ4n) is 2.81. The second-order valence-corrected chi connectivity index (χ2v) is 6.54. The second-order valence-electron chi connectivity index (χ2n) is 6.10. The van der Waals surface area contributed by atoms with E-state index >= 15 is 0 Å². The molecule has 1 aromatic heterocycles. The van der Waals surface area contributed by atoms with E-state index < -0.39 is 17.9 Å². The Morgan fingerprint density at radius 3 is 2.59 bits per heavy atom. The van der Waals surface area contributed by atoms with Crippen LogP contribution < -0.4 is 11.1 Å². The number of halogens is 1. The zero-order chi connectivity index (χ0) is 19.4. The molecule has 0 bridgehead atoms. The molecule has 1 atom stereocenters. The van der Waals surface area contributed by atoms with Gasteiger partial charge in [0.1, 0.15) is 0 Å². The Bertz CT molecular complexity index is 970. The van der Waals surface area contributed by atoms with Gasteiger partial charge in [-0.05, 0) is 24.6 Å². The first-order valence-electron chi connectivity index (χ1n) is 8.32. The summed E-state index contributed by atoms with van der Waals surface area (Å²) in [5.41, 5.74) is 7.61. The molecular weight excluding hydrogens is 366 g/mol. The van der Waals surface area contributed by atoms with Gasteiger partial charge in [-0.1, -0.05) is 59.2 Å². The standard InChI is InChI=1S/C20H18ClN3O3/c1-12-18(24-27-19(12)13-6-3-2-4-7-13)20(26)23-16(11-17(22)25)14-8-5-9-15(21)10-14/h2-10,16H,11H2,1H3,(H2,22,25)(H,23,26)/t16-/m1/s1. The number of hydrogen-bond acceptors (Lipinski definition) is 4. The number of nitrogens with two attached hydrogens (primary N) is 1. The Kier molecular flexibility index (Phi) is 5.57. The van der Waals surface area contributed by atoms with Crippen LogP contribution in [0, 0.1) is 6.92 Å². The summed E-state index contributed by atoms with van der Waals surface area (Å²) in [5, 5.41) is 7.20. The van der Waals surface area contributed by atoms with Crippen LogP contribution >= 0.6 is 11.6 Å². The van der Waals surface area contributed by atoms with Gasteiger partial charge in [-0.15, -0.1) is 0 Å². The summed E-state index contributed by atoms with van der Waals surface area (Å²) < 4.78 is 5.37. The van der Waals surface area contributed by atoms with Crippen molar-refractivity contribution < 1.29 is 14.1 Å². The maximum absolute atomic E-state index is 12.7. The molecule has 0 aliphatic heterocycles. The Hall–Kier alpha value is -3.12. The largest absolute Gasteiger partial charge is 0.370 e. The number of amides is 2. The summed E-state index contributed by atoms with van der Waals surface area (Å²) in [4.78, 5) is 24.2. The third-order valence-electron chi connectivity index (χ3n) is 4.14. The lowest BCUT2D eigenvalue weighted by molar-refractivity contribution is -0.118. The highest BCUT2D eigenvalue weighted by atomic mass is 35.5. The lowest BCUT2D eigenvalue weighted by atomic mass is 10.0. The van der Waals surface area contributed by atoms with Crippen LogP contribution in [-0.4, -0.2) is 17.0 Å². The van der Waals surface area contributed by atoms with Crippen LogP contribution in [0.2, 0.25) is 5.02 Å². The van der Waals surface area contributed by atoms with Crippen LogP contribution in [0.25, 0.3) is 11.3 Å². The van der Waals surface area contributed by atoms with Gasteiger partial charge in [0.05, 0.1) is 12.5 Å². The van der Waals surface area contributed by atoms with Crippen molar-refractivity contribution in [3.8, 4) is 11.3 Å². The number of carbonyl (C=O) groups excluding carboxylic acids is 2. The van der Waals surface area contributed by atoms with Crippen LogP contribution in [0.15, 0.2) is 59.1 Å². The zero-order valence-electron chi connectivity index (χ0n) is 14.6. The zero-order valence-corrected chi connectivity index (χ0v) is 15.4. The van der Waals surface area contributed by atoms with Gasteiger partial charge in [-0.2, -0.15) is 0 Å². The molecule has 3 N–H and O–H groups in total. The van der Waals surface area contributed by atoms with E-state index in [-0.39, 0.29) is 12.1 Å². The van der Waals surface area contributed by atoms with Crippen molar-refractivity contribution in [1.82, 2.24) is 10.5 Å². The van der Waals surface area contributed by atoms with Gasteiger partial charge in [-0.3, -0.25) is 9.59 Å². The van der Waals surface area contributed by atoms with Gasteiger partial charge in [0.25, 0.3) is 5.91 Å². The lowest BCUT2D eigenvalue weighted by Crippen LogP contribution is -2.32. The number of benzene rings is 2. The molecule has 0 fully saturated rings. The Labute approximate surface area is 161 Å². The summed E-state index contributed by atoms with van der Waals surface area (Å²) in [7, 11) is 0. The van der Waals surface area contributed by atoms with E-state index in [4.69, 9.17) is 21.9 Å². The summed E-state index contributed by atoms with van der Waals surface area (Å²) >= 11 is 6.02. The molecule has 27 heavy (non-hydrogen) atoms. The molecule has 2 amide bonds. The fraction of sp³-hybridized carbons (Fsp3) is 0.150. The Morgan fingerprint density at radius 2 is 1.93 bits per heavy atom. The molecule has 0 aliphatic rings. The van der Waals surface area contributed by atoms with E-state index in [1.54, 1.807) is 31.2 Å². The minimum Gasteiger partial charge on any atom is -0.370 e. The summed E-state index contributed by atoms with van der Waals surface area (Å²) in [5.74, 6) is -0.471. The predicted molar refractivity (Wildman–Crippen MR) is 102 cm³/mol. The number of primary amides is 1. The second kappa shape index (κ2) is 8.05. The highest BCUT2D eigenvalue weighted by Gasteiger charge is 2.24. The average Bonchev–Trinajstić information content (AvgIpc) is 3.03. The molecule has 0 saturated heterocycles. The molecule has 0 aliphatic carbocycles. The third-order valence-corrected chi connectivity index (χ3v) is 4.37. The van der Waals surface area contributed by atoms with Crippen molar-refractivity contribution in [1.29, 1.82) is 0 Å². The summed E-state index contributed by atoms with van der Waals surface area (Å²) in [6.45, 7) is 1.76. The highest BCUT2D eigenvalue weighted by molar-refractivity contribution is 6.30. The number of nitrogens with zero attached hydrogens (tertiary/aromatic N) is 1. The summed E-state index contributed by atoms with van der Waals surface area (Å²) in [6.07, 6.45) is -0.0610. The van der Waals surface area contributed by atoms with Crippen molar-refractivity contribution >= 4 is 23.4 Å². The maximum Gasteiger partial charge on any atom is 0.274 e. The first-order valence-corrected chi connectivity index (χ1v) is 8.70. The van der Waals surface area contributed by atoms with E-state index in [9.17, 15) is 9.59 Å². The molecule has 3 rings (SSSR count). The molecule has 7 heteroatoms. The molecule has 0 unspecified atom stereocenters. The molecule has 0 spiro atoms. The molecule has 138 valence electrons. The minimum absolute atomic E-state index is 0.0610. The van der Waals surface area contributed by atoms with Gasteiger partial charge < -0.3 is 15.6 Å². The number of hydrogen-bond donors (Lipinski definition) is 2. The van der Waals surface area contributed by atoms with Crippen molar-refractivity contribution in [2.75, 3.05) is 0 Å². The monoisotopic (exact) mass is 383 g/mol. The van der Waals surface area contributed by atoms with Crippen molar-refractivity contribution in [3.63, 3.8) is 0 Å². The molecular formula is C20H18ClN3O3. The van der Waals surface area contributed by atoms with Crippen LogP contribution in [0.5, 0.6) is 0 Å². The summed E-state index contributed by atoms with van der Waals surface area (Å²) in [6, 6.07) is 15.7. The predicted octanol–water partition coefficient (Wildman–Crippen LogP) is 3.65. The average molecular weight is 384 g/mol. The quantitative estimate of drug-likeness (QED) is 0.678. The van der Waals surface area contributed by atoms with E-state index in [1.165, 1.54) is 0 Å². The van der Waals surface area contributed by atoms with Gasteiger partial charge in [-0.25, -0.2) is 0 Å². The van der Waals surface area contributed by atoms with Crippen molar-refractivity contribution in [2.45, 2.75) is 19.4 Å². The van der Waals surface area contributed by atoms with Crippen LogP contribution in [0.1, 0.15) is 34.1 Å². The fourth-order valence-corrected chi connectivity index (χ4v) is 3.01. The Balaban J connectivity index is 1.86. The Morgan fingerprint density at radius 1 is 1.19 bits per heavy atom. The number of aromatic nitrogens is 1. The number of nitrogens with one attached hydrogen (secondary N) is 1. The molecule has 3 aromatic rings. The highest BCUT2D eigenvalue weighted by Crippen LogP contribution is 2.26. The maximum atomic E-state index is 12.7. The number of rotatable bonds is 6. The van der Waals surface area contributed by atoms with Gasteiger partial charge in [0.2, 0.25) is 5.91 Å². The van der Waals surface area contributed by atoms with Crippen molar-refractivity contribution in [3.05, 3.63) is 76.4 Å². The lowest BCUT2D eigenvalue weighted by Gasteiger charge is -2.17. The minimum atomic E-state index is -0.620. The van der Waals surface area contributed by atoms with Gasteiger partial charge in [0, 0.05) is 16.1 Å².